The van der Waals surface area contributed by atoms with E-state index in [1.165, 1.54) is 13.1 Å². The van der Waals surface area contributed by atoms with E-state index in [4.69, 9.17) is 16.3 Å². The number of nitrogens with zero attached hydrogens (tertiary/aromatic N) is 3. The maximum Gasteiger partial charge on any atom is 0.257 e. The van der Waals surface area contributed by atoms with Crippen LogP contribution in [0, 0.1) is 0 Å². The van der Waals surface area contributed by atoms with Gasteiger partial charge in [-0.3, -0.25) is 4.79 Å². The Morgan fingerprint density at radius 2 is 2.10 bits per heavy atom. The number of aryl methyl sites for hydroxylation is 1. The number of rotatable bonds is 8. The molecule has 3 rings (SSSR count). The fraction of sp³-hybridized carbons (Fsp3) is 0.350. The minimum atomic E-state index is -1.40. The van der Waals surface area contributed by atoms with Crippen LogP contribution in [0.25, 0.3) is 11.0 Å². The smallest absolute Gasteiger partial charge is 0.257 e. The minimum absolute atomic E-state index is 0.220. The number of methoxy groups -OCH3 is 1. The van der Waals surface area contributed by atoms with E-state index in [0.29, 0.717) is 40.6 Å². The summed E-state index contributed by atoms with van der Waals surface area (Å²) in [5.41, 5.74) is 2.24. The SMILES string of the molecule is CCn1ncc2c(NCc3ccc(OC)c(Cl)c3)c(C(=O)NC(O)C(C)O)cnc21. The number of nitrogens with one attached hydrogen (secondary N) is 2. The number of carbonyl (C=O) groups excluding carboxylic acids is 1. The van der Waals surface area contributed by atoms with E-state index in [1.54, 1.807) is 30.1 Å². The summed E-state index contributed by atoms with van der Waals surface area (Å²) in [6, 6.07) is 5.41. The van der Waals surface area contributed by atoms with Gasteiger partial charge in [-0.05, 0) is 31.5 Å². The Morgan fingerprint density at radius 1 is 1.33 bits per heavy atom. The molecule has 0 saturated heterocycles. The molecule has 0 bridgehead atoms. The zero-order valence-electron chi connectivity index (χ0n) is 16.9. The van der Waals surface area contributed by atoms with E-state index in [9.17, 15) is 15.0 Å². The molecule has 0 radical (unpaired) electrons. The normalized spacial score (nSPS) is 13.1. The van der Waals surface area contributed by atoms with Crippen molar-refractivity contribution in [1.29, 1.82) is 0 Å². The van der Waals surface area contributed by atoms with Crippen LogP contribution in [-0.4, -0.2) is 50.3 Å². The number of ether oxygens (including phenoxy) is 1. The fourth-order valence-corrected chi connectivity index (χ4v) is 3.24. The van der Waals surface area contributed by atoms with Crippen molar-refractivity contribution in [3.8, 4) is 5.75 Å². The van der Waals surface area contributed by atoms with Crippen molar-refractivity contribution in [3.63, 3.8) is 0 Å². The van der Waals surface area contributed by atoms with Gasteiger partial charge in [0, 0.05) is 19.3 Å². The van der Waals surface area contributed by atoms with E-state index in [0.717, 1.165) is 5.56 Å². The van der Waals surface area contributed by atoms with Crippen LogP contribution in [0.2, 0.25) is 5.02 Å². The number of hydrogen-bond acceptors (Lipinski definition) is 7. The number of carbonyl (C=O) groups is 1. The standard InChI is InChI=1S/C20H24ClN5O4/c1-4-26-18-13(10-24-26)17(14(9-23-18)20(29)25-19(28)11(2)27)22-8-12-5-6-16(30-3)15(21)7-12/h5-7,9-11,19,27-28H,4,8H2,1-3H3,(H,22,23)(H,25,29). The van der Waals surface area contributed by atoms with Crippen LogP contribution in [0.5, 0.6) is 5.75 Å². The Hall–Kier alpha value is -2.88. The molecule has 9 nitrogen and oxygen atoms in total. The Kier molecular flexibility index (Phi) is 6.76. The number of aromatic nitrogens is 3. The second-order valence-corrected chi connectivity index (χ2v) is 7.13. The third-order valence-electron chi connectivity index (χ3n) is 4.63. The molecular weight excluding hydrogens is 410 g/mol. The summed E-state index contributed by atoms with van der Waals surface area (Å²) in [5.74, 6) is 0.000398. The first-order valence-corrected chi connectivity index (χ1v) is 9.81. The van der Waals surface area contributed by atoms with Crippen LogP contribution < -0.4 is 15.4 Å². The van der Waals surface area contributed by atoms with Crippen LogP contribution in [0.1, 0.15) is 29.8 Å². The van der Waals surface area contributed by atoms with E-state index in [-0.39, 0.29) is 5.56 Å². The quantitative estimate of drug-likeness (QED) is 0.401. The molecule has 1 amide bonds. The lowest BCUT2D eigenvalue weighted by Gasteiger charge is -2.18. The van der Waals surface area contributed by atoms with Gasteiger partial charge in [0.1, 0.15) is 5.75 Å². The number of pyridine rings is 1. The number of aliphatic hydroxyl groups excluding tert-OH is 2. The lowest BCUT2D eigenvalue weighted by atomic mass is 10.1. The Bertz CT molecular complexity index is 1050. The third-order valence-corrected chi connectivity index (χ3v) is 4.93. The minimum Gasteiger partial charge on any atom is -0.495 e. The summed E-state index contributed by atoms with van der Waals surface area (Å²) in [4.78, 5) is 17.1. The van der Waals surface area contributed by atoms with Crippen LogP contribution in [0.15, 0.2) is 30.6 Å². The highest BCUT2D eigenvalue weighted by Crippen LogP contribution is 2.28. The van der Waals surface area contributed by atoms with Crippen molar-refractivity contribution in [2.45, 2.75) is 39.3 Å². The van der Waals surface area contributed by atoms with Crippen LogP contribution >= 0.6 is 11.6 Å². The van der Waals surface area contributed by atoms with Gasteiger partial charge in [-0.2, -0.15) is 5.10 Å². The molecule has 0 aliphatic carbocycles. The summed E-state index contributed by atoms with van der Waals surface area (Å²) in [6.07, 6.45) is 0.534. The number of amides is 1. The predicted molar refractivity (Wildman–Crippen MR) is 114 cm³/mol. The largest absolute Gasteiger partial charge is 0.495 e. The topological polar surface area (TPSA) is 122 Å². The second kappa shape index (κ2) is 9.29. The van der Waals surface area contributed by atoms with Gasteiger partial charge in [0.05, 0.1) is 41.1 Å². The molecule has 0 aliphatic rings. The molecule has 10 heteroatoms. The van der Waals surface area contributed by atoms with Crippen molar-refractivity contribution in [3.05, 3.63) is 46.7 Å². The number of anilines is 1. The van der Waals surface area contributed by atoms with Gasteiger partial charge in [0.2, 0.25) is 0 Å². The van der Waals surface area contributed by atoms with E-state index in [2.05, 4.69) is 20.7 Å². The first-order valence-electron chi connectivity index (χ1n) is 9.43. The van der Waals surface area contributed by atoms with Crippen molar-refractivity contribution in [2.24, 2.45) is 0 Å². The first kappa shape index (κ1) is 21.8. The number of halogens is 1. The summed E-state index contributed by atoms with van der Waals surface area (Å²) >= 11 is 6.21. The molecule has 2 heterocycles. The van der Waals surface area contributed by atoms with Crippen molar-refractivity contribution < 1.29 is 19.7 Å². The molecule has 4 N–H and O–H groups in total. The first-order chi connectivity index (χ1) is 14.3. The van der Waals surface area contributed by atoms with Crippen molar-refractivity contribution in [2.75, 3.05) is 12.4 Å². The molecule has 2 unspecified atom stereocenters. The lowest BCUT2D eigenvalue weighted by Crippen LogP contribution is -2.42. The van der Waals surface area contributed by atoms with Crippen LogP contribution in [0.4, 0.5) is 5.69 Å². The molecule has 3 aromatic rings. The number of hydrogen-bond donors (Lipinski definition) is 4. The Morgan fingerprint density at radius 3 is 2.73 bits per heavy atom. The van der Waals surface area contributed by atoms with Gasteiger partial charge in [0.25, 0.3) is 5.91 Å². The van der Waals surface area contributed by atoms with E-state index >= 15 is 0 Å². The number of aliphatic hydroxyl groups is 2. The van der Waals surface area contributed by atoms with Crippen LogP contribution in [0.3, 0.4) is 0 Å². The van der Waals surface area contributed by atoms with Crippen LogP contribution in [-0.2, 0) is 13.1 Å². The molecule has 0 saturated carbocycles. The molecule has 30 heavy (non-hydrogen) atoms. The lowest BCUT2D eigenvalue weighted by molar-refractivity contribution is 0.0102. The second-order valence-electron chi connectivity index (χ2n) is 6.73. The molecule has 2 atom stereocenters. The van der Waals surface area contributed by atoms with E-state index in [1.807, 2.05) is 13.0 Å². The average molecular weight is 434 g/mol. The molecule has 0 spiro atoms. The predicted octanol–water partition coefficient (Wildman–Crippen LogP) is 2.15. The highest BCUT2D eigenvalue weighted by molar-refractivity contribution is 6.32. The van der Waals surface area contributed by atoms with Crippen molar-refractivity contribution in [1.82, 2.24) is 20.1 Å². The molecule has 2 aromatic heterocycles. The van der Waals surface area contributed by atoms with Crippen molar-refractivity contribution >= 4 is 34.2 Å². The van der Waals surface area contributed by atoms with Gasteiger partial charge < -0.3 is 25.6 Å². The fourth-order valence-electron chi connectivity index (χ4n) is 2.96. The molecular formula is C20H24ClN5O4. The summed E-state index contributed by atoms with van der Waals surface area (Å²) < 4.78 is 6.89. The highest BCUT2D eigenvalue weighted by atomic mass is 35.5. The van der Waals surface area contributed by atoms with Gasteiger partial charge >= 0.3 is 0 Å². The number of benzene rings is 1. The summed E-state index contributed by atoms with van der Waals surface area (Å²) in [5, 5.41) is 30.4. The summed E-state index contributed by atoms with van der Waals surface area (Å²) in [6.45, 7) is 4.32. The highest BCUT2D eigenvalue weighted by Gasteiger charge is 2.21. The maximum atomic E-state index is 12.7. The zero-order valence-corrected chi connectivity index (χ0v) is 17.6. The zero-order chi connectivity index (χ0) is 21.8. The monoisotopic (exact) mass is 433 g/mol. The van der Waals surface area contributed by atoms with Gasteiger partial charge in [-0.1, -0.05) is 17.7 Å². The Labute approximate surface area is 178 Å². The molecule has 0 fully saturated rings. The molecule has 0 aliphatic heterocycles. The Balaban J connectivity index is 1.96. The van der Waals surface area contributed by atoms with Gasteiger partial charge in [-0.25, -0.2) is 9.67 Å². The molecule has 1 aromatic carbocycles. The average Bonchev–Trinajstić information content (AvgIpc) is 3.15. The maximum absolute atomic E-state index is 12.7. The van der Waals surface area contributed by atoms with E-state index < -0.39 is 18.2 Å². The molecule has 160 valence electrons. The van der Waals surface area contributed by atoms with Gasteiger partial charge in [0.15, 0.2) is 11.9 Å². The van der Waals surface area contributed by atoms with Gasteiger partial charge in [-0.15, -0.1) is 0 Å². The number of fused-ring (bicyclic) bond motifs is 1. The summed E-state index contributed by atoms with van der Waals surface area (Å²) in [7, 11) is 1.55. The third kappa shape index (κ3) is 4.48.